The van der Waals surface area contributed by atoms with Crippen LogP contribution in [0.15, 0.2) is 127 Å². The first-order valence-corrected chi connectivity index (χ1v) is 19.4. The molecule has 7 aromatic rings. The Balaban J connectivity index is 1.27. The molecule has 2 aliphatic heterocycles. The molecule has 1 atom stereocenters. The summed E-state index contributed by atoms with van der Waals surface area (Å²) in [6.45, 7) is 14.7. The van der Waals surface area contributed by atoms with Gasteiger partial charge >= 0.3 is 0 Å². The summed E-state index contributed by atoms with van der Waals surface area (Å²) in [5, 5.41) is 7.20. The van der Waals surface area contributed by atoms with Crippen LogP contribution in [0.5, 0.6) is 5.75 Å². The monoisotopic (exact) mass is 686 g/mol. The largest absolute Gasteiger partial charge is 0.472 e. The third-order valence-electron chi connectivity index (χ3n) is 12.7. The highest BCUT2D eigenvalue weighted by Crippen LogP contribution is 2.61. The van der Waals surface area contributed by atoms with Crippen LogP contribution < -0.4 is 9.64 Å². The van der Waals surface area contributed by atoms with Crippen LogP contribution in [-0.2, 0) is 11.0 Å². The van der Waals surface area contributed by atoms with E-state index in [1.807, 2.05) is 6.07 Å². The number of rotatable bonds is 5. The summed E-state index contributed by atoms with van der Waals surface area (Å²) >= 11 is 0. The Morgan fingerprint density at radius 2 is 1.36 bits per heavy atom. The number of fused-ring (bicyclic) bond motifs is 11. The van der Waals surface area contributed by atoms with Crippen molar-refractivity contribution in [3.63, 3.8) is 0 Å². The zero-order valence-electron chi connectivity index (χ0n) is 30.5. The van der Waals surface area contributed by atoms with E-state index in [1.165, 1.54) is 74.1 Å². The molecule has 53 heavy (non-hydrogen) atoms. The molecule has 1 aliphatic carbocycles. The Hall–Kier alpha value is -5.85. The summed E-state index contributed by atoms with van der Waals surface area (Å²) in [5.41, 5.74) is 9.41. The molecule has 0 spiro atoms. The average molecular weight is 687 g/mol. The second-order valence-electron chi connectivity index (χ2n) is 15.1. The number of hydrogen-bond acceptors (Lipinski definition) is 2. The molecule has 1 saturated heterocycles. The topological polar surface area (TPSA) is 16.8 Å². The molecule has 1 fully saturated rings. The Labute approximate surface area is 312 Å². The van der Waals surface area contributed by atoms with Crippen molar-refractivity contribution in [2.24, 2.45) is 0 Å². The molecule has 1 unspecified atom stereocenters. The van der Waals surface area contributed by atoms with E-state index in [-0.39, 0.29) is 5.41 Å². The smallest absolute Gasteiger partial charge is 0.187 e. The molecule has 0 amide bonds. The Morgan fingerprint density at radius 1 is 0.679 bits per heavy atom. The molecule has 258 valence electrons. The van der Waals surface area contributed by atoms with Crippen LogP contribution in [0.25, 0.3) is 54.4 Å². The Kier molecular flexibility index (Phi) is 7.28. The van der Waals surface area contributed by atoms with Crippen molar-refractivity contribution < 1.29 is 4.74 Å². The van der Waals surface area contributed by atoms with Crippen LogP contribution in [-0.4, -0.2) is 13.1 Å². The fourth-order valence-electron chi connectivity index (χ4n) is 10.1. The highest BCUT2D eigenvalue weighted by atomic mass is 16.5. The van der Waals surface area contributed by atoms with Gasteiger partial charge in [-0.3, -0.25) is 0 Å². The standard InChI is InChI=1S/C50H42N2O/c1-4-49(5-2)44-32-35(51-3)23-26-42(44)46-40-19-11-12-20-41(40)48-43(47(46)49)27-28-50(53-48,34-21-24-36(25-22-34)52-29-13-6-14-30-52)45-31-33-15-7-8-16-37(33)38-17-9-10-18-39(38)45/h7-12,15-28,31-32H,4-6,13-14,29-30H2,1-2H3. The van der Waals surface area contributed by atoms with Gasteiger partial charge in [-0.15, -0.1) is 0 Å². The minimum Gasteiger partial charge on any atom is -0.472 e. The van der Waals surface area contributed by atoms with Crippen molar-refractivity contribution in [2.75, 3.05) is 18.0 Å². The average Bonchev–Trinajstić information content (AvgIpc) is 3.53. The molecule has 3 nitrogen and oxygen atoms in total. The number of hydrogen-bond donors (Lipinski definition) is 0. The first kappa shape index (κ1) is 31.9. The minimum atomic E-state index is -0.891. The van der Waals surface area contributed by atoms with Gasteiger partial charge in [0.1, 0.15) is 5.75 Å². The second kappa shape index (κ2) is 12.1. The fraction of sp³-hybridized carbons (Fsp3) is 0.220. The summed E-state index contributed by atoms with van der Waals surface area (Å²) in [6, 6.07) is 44.3. The summed E-state index contributed by atoms with van der Waals surface area (Å²) < 4.78 is 7.85. The predicted molar refractivity (Wildman–Crippen MR) is 221 cm³/mol. The van der Waals surface area contributed by atoms with Gasteiger partial charge in [-0.25, -0.2) is 4.85 Å². The Morgan fingerprint density at radius 3 is 2.09 bits per heavy atom. The van der Waals surface area contributed by atoms with Gasteiger partial charge in [0.05, 0.1) is 6.57 Å². The predicted octanol–water partition coefficient (Wildman–Crippen LogP) is 13.1. The quantitative estimate of drug-likeness (QED) is 0.132. The number of ether oxygens (including phenoxy) is 1. The van der Waals surface area contributed by atoms with Crippen LogP contribution in [0.2, 0.25) is 0 Å². The van der Waals surface area contributed by atoms with Crippen LogP contribution >= 0.6 is 0 Å². The van der Waals surface area contributed by atoms with Gasteiger partial charge in [0.15, 0.2) is 11.3 Å². The highest BCUT2D eigenvalue weighted by Gasteiger charge is 2.47. The molecule has 0 bridgehead atoms. The molecule has 3 heteroatoms. The maximum absolute atomic E-state index is 7.87. The zero-order chi connectivity index (χ0) is 35.7. The van der Waals surface area contributed by atoms with Gasteiger partial charge in [0.25, 0.3) is 0 Å². The van der Waals surface area contributed by atoms with Crippen LogP contribution in [0.4, 0.5) is 11.4 Å². The number of benzene rings is 7. The van der Waals surface area contributed by atoms with E-state index < -0.39 is 5.60 Å². The van der Waals surface area contributed by atoms with Crippen molar-refractivity contribution in [2.45, 2.75) is 57.0 Å². The zero-order valence-corrected chi connectivity index (χ0v) is 30.5. The molecule has 2 heterocycles. The van der Waals surface area contributed by atoms with E-state index in [0.29, 0.717) is 5.69 Å². The molecule has 7 aromatic carbocycles. The molecule has 3 aliphatic rings. The molecule has 10 rings (SSSR count). The Bertz CT molecular complexity index is 2670. The summed E-state index contributed by atoms with van der Waals surface area (Å²) in [5.74, 6) is 0.934. The highest BCUT2D eigenvalue weighted by molar-refractivity contribution is 6.11. The van der Waals surface area contributed by atoms with Gasteiger partial charge in [-0.05, 0) is 106 Å². The molecular weight excluding hydrogens is 645 g/mol. The lowest BCUT2D eigenvalue weighted by Crippen LogP contribution is -2.36. The molecule has 0 saturated carbocycles. The van der Waals surface area contributed by atoms with E-state index in [9.17, 15) is 0 Å². The molecular formula is C50H42N2O. The fourth-order valence-corrected chi connectivity index (χ4v) is 10.1. The van der Waals surface area contributed by atoms with E-state index in [4.69, 9.17) is 11.3 Å². The van der Waals surface area contributed by atoms with E-state index in [2.05, 4.69) is 151 Å². The maximum atomic E-state index is 7.87. The SMILES string of the molecule is [C-]#[N+]c1ccc2c(c1)C(CC)(CC)c1c3c(c4ccccc4c1-2)OC(c1ccc(N2CCCCC2)cc1)(c1cc2ccccc2c2ccccc12)C=C3. The minimum absolute atomic E-state index is 0.237. The van der Waals surface area contributed by atoms with E-state index >= 15 is 0 Å². The second-order valence-corrected chi connectivity index (χ2v) is 15.1. The third kappa shape index (κ3) is 4.52. The van der Waals surface area contributed by atoms with Crippen LogP contribution in [0.3, 0.4) is 0 Å². The van der Waals surface area contributed by atoms with Gasteiger partial charge in [0, 0.05) is 46.3 Å². The summed E-state index contributed by atoms with van der Waals surface area (Å²) in [7, 11) is 0. The number of nitrogens with zero attached hydrogens (tertiary/aromatic N) is 2. The van der Waals surface area contributed by atoms with Gasteiger partial charge in [-0.2, -0.15) is 0 Å². The van der Waals surface area contributed by atoms with Crippen molar-refractivity contribution in [3.05, 3.63) is 167 Å². The lowest BCUT2D eigenvalue weighted by Gasteiger charge is -2.40. The van der Waals surface area contributed by atoms with Crippen molar-refractivity contribution in [1.29, 1.82) is 0 Å². The normalized spacial score (nSPS) is 18.4. The van der Waals surface area contributed by atoms with Gasteiger partial charge in [-0.1, -0.05) is 123 Å². The summed E-state index contributed by atoms with van der Waals surface area (Å²) in [4.78, 5) is 6.40. The van der Waals surface area contributed by atoms with Crippen molar-refractivity contribution in [3.8, 4) is 16.9 Å². The summed E-state index contributed by atoms with van der Waals surface area (Å²) in [6.07, 6.45) is 10.4. The van der Waals surface area contributed by atoms with Crippen LogP contribution in [0.1, 0.15) is 73.8 Å². The number of anilines is 1. The van der Waals surface area contributed by atoms with Gasteiger partial charge < -0.3 is 9.64 Å². The molecule has 0 aromatic heterocycles. The molecule has 0 radical (unpaired) electrons. The van der Waals surface area contributed by atoms with E-state index in [0.717, 1.165) is 53.8 Å². The van der Waals surface area contributed by atoms with Crippen molar-refractivity contribution in [1.82, 2.24) is 0 Å². The maximum Gasteiger partial charge on any atom is 0.187 e. The van der Waals surface area contributed by atoms with E-state index in [1.54, 1.807) is 0 Å². The molecule has 0 N–H and O–H groups in total. The first-order chi connectivity index (χ1) is 26.1. The van der Waals surface area contributed by atoms with Crippen LogP contribution in [0, 0.1) is 6.57 Å². The third-order valence-corrected chi connectivity index (χ3v) is 12.7. The first-order valence-electron chi connectivity index (χ1n) is 19.4. The van der Waals surface area contributed by atoms with Gasteiger partial charge in [0.2, 0.25) is 0 Å². The van der Waals surface area contributed by atoms with Crippen molar-refractivity contribution >= 4 is 49.8 Å². The lowest BCUT2D eigenvalue weighted by atomic mass is 9.71. The lowest BCUT2D eigenvalue weighted by molar-refractivity contribution is 0.165. The number of piperidine rings is 1.